The summed E-state index contributed by atoms with van der Waals surface area (Å²) in [5, 5.41) is 11.4. The molecule has 4 rings (SSSR count). The number of halogens is 1. The lowest BCUT2D eigenvalue weighted by atomic mass is 10.1. The predicted molar refractivity (Wildman–Crippen MR) is 140 cm³/mol. The lowest BCUT2D eigenvalue weighted by Gasteiger charge is -2.22. The molecule has 2 heterocycles. The van der Waals surface area contributed by atoms with Crippen molar-refractivity contribution in [2.75, 3.05) is 10.6 Å². The van der Waals surface area contributed by atoms with Crippen LogP contribution in [0.3, 0.4) is 0 Å². The minimum Gasteiger partial charge on any atom is -0.365 e. The van der Waals surface area contributed by atoms with Crippen molar-refractivity contribution in [3.05, 3.63) is 83.3 Å². The standard InChI is InChI=1S/C26H26ClN7O2/c1-26(2,3)34-25(32-20-15-29-12-13-30-20)22(24(28)36)23(33-34)17-6-10-19(11-7-17)31-21(35)14-16-4-8-18(27)9-5-16/h4-13,15H,14H2,1-3H3,(H2,28,36)(H,30,32)(H,31,35). The van der Waals surface area contributed by atoms with Crippen LogP contribution in [0.25, 0.3) is 11.3 Å². The van der Waals surface area contributed by atoms with E-state index in [-0.39, 0.29) is 17.9 Å². The maximum atomic E-state index is 12.6. The zero-order valence-corrected chi connectivity index (χ0v) is 20.9. The number of nitrogens with two attached hydrogens (primary N) is 1. The van der Waals surface area contributed by atoms with Crippen molar-refractivity contribution in [3.63, 3.8) is 0 Å². The van der Waals surface area contributed by atoms with Gasteiger partial charge < -0.3 is 16.4 Å². The Bertz CT molecular complexity index is 1380. The van der Waals surface area contributed by atoms with E-state index in [1.807, 2.05) is 32.9 Å². The van der Waals surface area contributed by atoms with Gasteiger partial charge in [-0.1, -0.05) is 35.9 Å². The Labute approximate surface area is 213 Å². The van der Waals surface area contributed by atoms with E-state index in [1.165, 1.54) is 0 Å². The number of primary amides is 1. The number of anilines is 3. The van der Waals surface area contributed by atoms with Crippen LogP contribution in [0.4, 0.5) is 17.3 Å². The fourth-order valence-corrected chi connectivity index (χ4v) is 3.77. The Morgan fingerprint density at radius 3 is 2.31 bits per heavy atom. The molecule has 0 saturated heterocycles. The minimum atomic E-state index is -0.632. The van der Waals surface area contributed by atoms with Gasteiger partial charge in [-0.2, -0.15) is 5.10 Å². The first-order chi connectivity index (χ1) is 17.1. The molecule has 2 aromatic carbocycles. The average Bonchev–Trinajstić information content (AvgIpc) is 3.21. The quantitative estimate of drug-likeness (QED) is 0.333. The topological polar surface area (TPSA) is 128 Å². The van der Waals surface area contributed by atoms with Crippen LogP contribution >= 0.6 is 11.6 Å². The van der Waals surface area contributed by atoms with Gasteiger partial charge in [-0.05, 0) is 50.6 Å². The van der Waals surface area contributed by atoms with Crippen molar-refractivity contribution in [1.29, 1.82) is 0 Å². The van der Waals surface area contributed by atoms with E-state index in [4.69, 9.17) is 22.4 Å². The van der Waals surface area contributed by atoms with E-state index in [1.54, 1.807) is 59.7 Å². The smallest absolute Gasteiger partial charge is 0.254 e. The van der Waals surface area contributed by atoms with E-state index in [9.17, 15) is 9.59 Å². The third kappa shape index (κ3) is 5.69. The van der Waals surface area contributed by atoms with Gasteiger partial charge in [-0.3, -0.25) is 14.6 Å². The van der Waals surface area contributed by atoms with Crippen LogP contribution < -0.4 is 16.4 Å². The molecule has 0 fully saturated rings. The maximum absolute atomic E-state index is 12.6. The molecule has 36 heavy (non-hydrogen) atoms. The number of hydrogen-bond acceptors (Lipinski definition) is 6. The van der Waals surface area contributed by atoms with Gasteiger partial charge >= 0.3 is 0 Å². The minimum absolute atomic E-state index is 0.157. The molecule has 2 amide bonds. The highest BCUT2D eigenvalue weighted by Gasteiger charge is 2.29. The van der Waals surface area contributed by atoms with Crippen LogP contribution in [0.15, 0.2) is 67.1 Å². The van der Waals surface area contributed by atoms with Gasteiger partial charge in [-0.25, -0.2) is 9.67 Å². The summed E-state index contributed by atoms with van der Waals surface area (Å²) in [6.07, 6.45) is 4.87. The molecule has 184 valence electrons. The second-order valence-corrected chi connectivity index (χ2v) is 9.60. The highest BCUT2D eigenvalue weighted by molar-refractivity contribution is 6.30. The molecule has 0 aliphatic heterocycles. The maximum Gasteiger partial charge on any atom is 0.254 e. The van der Waals surface area contributed by atoms with Crippen LogP contribution in [0, 0.1) is 0 Å². The summed E-state index contributed by atoms with van der Waals surface area (Å²) in [4.78, 5) is 33.3. The molecule has 9 nitrogen and oxygen atoms in total. The van der Waals surface area contributed by atoms with Crippen molar-refractivity contribution in [2.24, 2.45) is 5.73 Å². The van der Waals surface area contributed by atoms with Crippen LogP contribution in [0.5, 0.6) is 0 Å². The summed E-state index contributed by atoms with van der Waals surface area (Å²) in [7, 11) is 0. The van der Waals surface area contributed by atoms with Gasteiger partial charge in [0.15, 0.2) is 0 Å². The van der Waals surface area contributed by atoms with Gasteiger partial charge in [0, 0.05) is 28.7 Å². The monoisotopic (exact) mass is 503 g/mol. The lowest BCUT2D eigenvalue weighted by molar-refractivity contribution is -0.115. The predicted octanol–water partition coefficient (Wildman–Crippen LogP) is 4.77. The van der Waals surface area contributed by atoms with Gasteiger partial charge in [0.25, 0.3) is 5.91 Å². The Morgan fingerprint density at radius 1 is 1.03 bits per heavy atom. The summed E-state index contributed by atoms with van der Waals surface area (Å²) in [5.41, 5.74) is 8.13. The van der Waals surface area contributed by atoms with Gasteiger partial charge in [0.2, 0.25) is 5.91 Å². The van der Waals surface area contributed by atoms with Gasteiger partial charge in [0.05, 0.1) is 18.2 Å². The molecule has 10 heteroatoms. The highest BCUT2D eigenvalue weighted by Crippen LogP contribution is 2.34. The van der Waals surface area contributed by atoms with Crippen molar-refractivity contribution in [2.45, 2.75) is 32.7 Å². The number of nitrogens with zero attached hydrogens (tertiary/aromatic N) is 4. The number of aromatic nitrogens is 4. The largest absolute Gasteiger partial charge is 0.365 e. The number of nitrogens with one attached hydrogen (secondary N) is 2. The molecule has 0 aliphatic rings. The number of hydrogen-bond donors (Lipinski definition) is 3. The second kappa shape index (κ2) is 10.2. The third-order valence-electron chi connectivity index (χ3n) is 5.30. The number of rotatable bonds is 7. The normalized spacial score (nSPS) is 11.2. The van der Waals surface area contributed by atoms with Crippen LogP contribution in [0.2, 0.25) is 5.02 Å². The van der Waals surface area contributed by atoms with E-state index in [0.29, 0.717) is 33.6 Å². The Kier molecular flexibility index (Phi) is 7.03. The summed E-state index contributed by atoms with van der Waals surface area (Å²) in [5.74, 6) is 0.0872. The first-order valence-electron chi connectivity index (χ1n) is 11.2. The van der Waals surface area contributed by atoms with Crippen LogP contribution in [0.1, 0.15) is 36.7 Å². The molecule has 2 aromatic heterocycles. The zero-order valence-electron chi connectivity index (χ0n) is 20.1. The van der Waals surface area contributed by atoms with E-state index >= 15 is 0 Å². The Hall–Kier alpha value is -4.24. The average molecular weight is 504 g/mol. The molecule has 0 spiro atoms. The van der Waals surface area contributed by atoms with Crippen molar-refractivity contribution in [3.8, 4) is 11.3 Å². The van der Waals surface area contributed by atoms with Crippen LogP contribution in [-0.2, 0) is 16.8 Å². The molecular weight excluding hydrogens is 478 g/mol. The number of carbonyl (C=O) groups is 2. The number of benzene rings is 2. The lowest BCUT2D eigenvalue weighted by Crippen LogP contribution is -2.25. The summed E-state index contributed by atoms with van der Waals surface area (Å²) in [6.45, 7) is 5.90. The van der Waals surface area contributed by atoms with Gasteiger partial charge in [-0.15, -0.1) is 0 Å². The zero-order chi connectivity index (χ0) is 25.9. The van der Waals surface area contributed by atoms with Crippen molar-refractivity contribution >= 4 is 40.7 Å². The second-order valence-electron chi connectivity index (χ2n) is 9.16. The highest BCUT2D eigenvalue weighted by atomic mass is 35.5. The molecule has 0 atom stereocenters. The van der Waals surface area contributed by atoms with E-state index in [2.05, 4.69) is 20.6 Å². The third-order valence-corrected chi connectivity index (χ3v) is 5.55. The van der Waals surface area contributed by atoms with E-state index in [0.717, 1.165) is 5.56 Å². The first kappa shape index (κ1) is 24.9. The number of carbonyl (C=O) groups excluding carboxylic acids is 2. The van der Waals surface area contributed by atoms with Gasteiger partial charge in [0.1, 0.15) is 22.9 Å². The van der Waals surface area contributed by atoms with Crippen LogP contribution in [-0.4, -0.2) is 31.6 Å². The molecule has 4 aromatic rings. The first-order valence-corrected chi connectivity index (χ1v) is 11.6. The SMILES string of the molecule is CC(C)(C)n1nc(-c2ccc(NC(=O)Cc3ccc(Cl)cc3)cc2)c(C(N)=O)c1Nc1cnccn1. The van der Waals surface area contributed by atoms with Crippen molar-refractivity contribution < 1.29 is 9.59 Å². The molecule has 0 bridgehead atoms. The molecule has 0 aliphatic carbocycles. The molecule has 0 radical (unpaired) electrons. The summed E-state index contributed by atoms with van der Waals surface area (Å²) < 4.78 is 1.71. The Balaban J connectivity index is 1.62. The molecular formula is C26H26ClN7O2. The molecule has 0 unspecified atom stereocenters. The van der Waals surface area contributed by atoms with E-state index < -0.39 is 11.4 Å². The summed E-state index contributed by atoms with van der Waals surface area (Å²) in [6, 6.07) is 14.2. The fourth-order valence-electron chi connectivity index (χ4n) is 3.64. The fraction of sp³-hybridized carbons (Fsp3) is 0.192. The number of amides is 2. The molecule has 4 N–H and O–H groups in total. The Morgan fingerprint density at radius 2 is 1.72 bits per heavy atom. The summed E-state index contributed by atoms with van der Waals surface area (Å²) >= 11 is 5.90. The molecule has 0 saturated carbocycles. The van der Waals surface area contributed by atoms with Crippen molar-refractivity contribution in [1.82, 2.24) is 19.7 Å².